The van der Waals surface area contributed by atoms with Gasteiger partial charge in [-0.25, -0.2) is 0 Å². The lowest BCUT2D eigenvalue weighted by Crippen LogP contribution is -2.29. The van der Waals surface area contributed by atoms with Crippen LogP contribution in [-0.4, -0.2) is 17.7 Å². The number of nitrogens with zero attached hydrogens (tertiary/aromatic N) is 1. The number of hydrogen-bond donors (Lipinski definition) is 1. The van der Waals surface area contributed by atoms with E-state index in [1.54, 1.807) is 11.1 Å². The summed E-state index contributed by atoms with van der Waals surface area (Å²) in [5.74, 6) is 0.775. The number of hydrogen-bond acceptors (Lipinski definition) is 1. The van der Waals surface area contributed by atoms with E-state index in [1.165, 1.54) is 56.0 Å². The van der Waals surface area contributed by atoms with Gasteiger partial charge in [-0.05, 0) is 62.6 Å². The first-order valence-electron chi connectivity index (χ1n) is 8.14. The Hall–Kier alpha value is -1.28. The Kier molecular flexibility index (Phi) is 3.07. The molecular formula is C18H24N2. The van der Waals surface area contributed by atoms with Crippen molar-refractivity contribution in [3.63, 3.8) is 0 Å². The number of aryl methyl sites for hydroxylation is 2. The molecule has 2 aromatic rings. The van der Waals surface area contributed by atoms with Crippen LogP contribution in [0.25, 0.3) is 10.9 Å². The van der Waals surface area contributed by atoms with Crippen LogP contribution >= 0.6 is 0 Å². The molecule has 0 saturated heterocycles. The molecule has 1 aromatic heterocycles. The van der Waals surface area contributed by atoms with Crippen LogP contribution in [0.3, 0.4) is 0 Å². The second-order valence-corrected chi connectivity index (χ2v) is 6.53. The first-order chi connectivity index (χ1) is 9.86. The molecule has 1 aromatic carbocycles. The maximum absolute atomic E-state index is 3.44. The minimum atomic E-state index is 0.742. The Morgan fingerprint density at radius 1 is 1.15 bits per heavy atom. The van der Waals surface area contributed by atoms with Gasteiger partial charge in [0, 0.05) is 24.2 Å². The molecule has 1 N–H and O–H groups in total. The molecule has 0 radical (unpaired) electrons. The summed E-state index contributed by atoms with van der Waals surface area (Å²) in [6, 6.07) is 7.67. The number of nitrogens with one attached hydrogen (secondary N) is 1. The Morgan fingerprint density at radius 3 is 2.80 bits per heavy atom. The van der Waals surface area contributed by atoms with Crippen molar-refractivity contribution in [2.75, 3.05) is 7.05 Å². The highest BCUT2D eigenvalue weighted by molar-refractivity contribution is 5.87. The van der Waals surface area contributed by atoms with Crippen LogP contribution in [-0.2, 0) is 13.0 Å². The Bertz CT molecular complexity index is 618. The van der Waals surface area contributed by atoms with Crippen molar-refractivity contribution in [3.8, 4) is 0 Å². The second kappa shape index (κ2) is 4.92. The lowest BCUT2D eigenvalue weighted by Gasteiger charge is -2.28. The van der Waals surface area contributed by atoms with Crippen molar-refractivity contribution >= 4 is 10.9 Å². The van der Waals surface area contributed by atoms with Gasteiger partial charge in [0.15, 0.2) is 0 Å². The summed E-state index contributed by atoms with van der Waals surface area (Å²) in [5.41, 5.74) is 4.71. The standard InChI is InChI=1S/C18H24N2/c1-19-15-9-7-13(8-10-15)17-12-20-11-3-5-14-4-2-6-16(17)18(14)20/h2,4,6,12-13,15,19H,3,5,7-11H2,1H3. The van der Waals surface area contributed by atoms with E-state index in [0.29, 0.717) is 0 Å². The van der Waals surface area contributed by atoms with Crippen molar-refractivity contribution in [2.45, 2.75) is 57.0 Å². The maximum atomic E-state index is 3.44. The molecule has 106 valence electrons. The van der Waals surface area contributed by atoms with Gasteiger partial charge in [0.05, 0.1) is 5.52 Å². The first-order valence-corrected chi connectivity index (χ1v) is 8.14. The van der Waals surface area contributed by atoms with E-state index < -0.39 is 0 Å². The number of benzene rings is 1. The molecule has 2 heteroatoms. The molecule has 2 aliphatic rings. The van der Waals surface area contributed by atoms with Crippen LogP contribution in [0.15, 0.2) is 24.4 Å². The van der Waals surface area contributed by atoms with E-state index >= 15 is 0 Å². The van der Waals surface area contributed by atoms with Crippen LogP contribution in [0.5, 0.6) is 0 Å². The van der Waals surface area contributed by atoms with Crippen molar-refractivity contribution in [1.82, 2.24) is 9.88 Å². The molecule has 0 unspecified atom stereocenters. The summed E-state index contributed by atoms with van der Waals surface area (Å²) >= 11 is 0. The smallest absolute Gasteiger partial charge is 0.0515 e. The van der Waals surface area contributed by atoms with Gasteiger partial charge in [0.2, 0.25) is 0 Å². The summed E-state index contributed by atoms with van der Waals surface area (Å²) in [6.07, 6.45) is 10.4. The zero-order valence-corrected chi connectivity index (χ0v) is 12.4. The minimum Gasteiger partial charge on any atom is -0.347 e. The Morgan fingerprint density at radius 2 is 2.00 bits per heavy atom. The largest absolute Gasteiger partial charge is 0.347 e. The average molecular weight is 268 g/mol. The molecule has 1 saturated carbocycles. The van der Waals surface area contributed by atoms with E-state index in [0.717, 1.165) is 12.0 Å². The van der Waals surface area contributed by atoms with Gasteiger partial charge >= 0.3 is 0 Å². The molecule has 0 spiro atoms. The molecule has 2 heterocycles. The molecule has 4 rings (SSSR count). The third-order valence-electron chi connectivity index (χ3n) is 5.43. The van der Waals surface area contributed by atoms with Gasteiger partial charge in [-0.3, -0.25) is 0 Å². The molecule has 20 heavy (non-hydrogen) atoms. The topological polar surface area (TPSA) is 17.0 Å². The van der Waals surface area contributed by atoms with Crippen LogP contribution in [0.1, 0.15) is 49.1 Å². The fourth-order valence-electron chi connectivity index (χ4n) is 4.30. The maximum Gasteiger partial charge on any atom is 0.0515 e. The number of aromatic nitrogens is 1. The number of rotatable bonds is 2. The SMILES string of the molecule is CNC1CCC(c2cn3c4c(cccc24)CCC3)CC1. The molecule has 0 atom stereocenters. The normalized spacial score (nSPS) is 26.1. The van der Waals surface area contributed by atoms with Crippen LogP contribution in [0, 0.1) is 0 Å². The van der Waals surface area contributed by atoms with Gasteiger partial charge in [0.25, 0.3) is 0 Å². The van der Waals surface area contributed by atoms with E-state index in [4.69, 9.17) is 0 Å². The summed E-state index contributed by atoms with van der Waals surface area (Å²) in [5, 5.41) is 4.98. The third-order valence-corrected chi connectivity index (χ3v) is 5.43. The van der Waals surface area contributed by atoms with Crippen molar-refractivity contribution in [1.29, 1.82) is 0 Å². The summed E-state index contributed by atoms with van der Waals surface area (Å²) in [4.78, 5) is 0. The fraction of sp³-hybridized carbons (Fsp3) is 0.556. The zero-order valence-electron chi connectivity index (χ0n) is 12.4. The highest BCUT2D eigenvalue weighted by Crippen LogP contribution is 2.39. The van der Waals surface area contributed by atoms with Crippen LogP contribution < -0.4 is 5.32 Å². The van der Waals surface area contributed by atoms with Crippen molar-refractivity contribution in [2.24, 2.45) is 0 Å². The highest BCUT2D eigenvalue weighted by Gasteiger charge is 2.25. The summed E-state index contributed by atoms with van der Waals surface area (Å²) < 4.78 is 2.52. The summed E-state index contributed by atoms with van der Waals surface area (Å²) in [7, 11) is 2.10. The molecular weight excluding hydrogens is 244 g/mol. The van der Waals surface area contributed by atoms with E-state index in [1.807, 2.05) is 0 Å². The van der Waals surface area contributed by atoms with E-state index in [-0.39, 0.29) is 0 Å². The predicted octanol–water partition coefficient (Wildman–Crippen LogP) is 3.83. The number of para-hydroxylation sites is 1. The molecule has 1 fully saturated rings. The monoisotopic (exact) mass is 268 g/mol. The Balaban J connectivity index is 1.73. The van der Waals surface area contributed by atoms with Crippen LogP contribution in [0.4, 0.5) is 0 Å². The third kappa shape index (κ3) is 1.89. The van der Waals surface area contributed by atoms with Crippen molar-refractivity contribution in [3.05, 3.63) is 35.5 Å². The predicted molar refractivity (Wildman–Crippen MR) is 84.3 cm³/mol. The lowest BCUT2D eigenvalue weighted by molar-refractivity contribution is 0.359. The fourth-order valence-corrected chi connectivity index (χ4v) is 4.30. The van der Waals surface area contributed by atoms with Crippen LogP contribution in [0.2, 0.25) is 0 Å². The summed E-state index contributed by atoms with van der Waals surface area (Å²) in [6.45, 7) is 1.21. The quantitative estimate of drug-likeness (QED) is 0.876. The molecule has 1 aliphatic carbocycles. The Labute approximate surface area is 121 Å². The van der Waals surface area contributed by atoms with E-state index in [9.17, 15) is 0 Å². The second-order valence-electron chi connectivity index (χ2n) is 6.53. The first kappa shape index (κ1) is 12.5. The average Bonchev–Trinajstić information content (AvgIpc) is 2.89. The van der Waals surface area contributed by atoms with Gasteiger partial charge < -0.3 is 9.88 Å². The molecule has 1 aliphatic heterocycles. The molecule has 0 bridgehead atoms. The van der Waals surface area contributed by atoms with Crippen molar-refractivity contribution < 1.29 is 0 Å². The van der Waals surface area contributed by atoms with E-state index in [2.05, 4.69) is 41.3 Å². The van der Waals surface area contributed by atoms with Gasteiger partial charge in [-0.1, -0.05) is 18.2 Å². The molecule has 0 amide bonds. The zero-order chi connectivity index (χ0) is 13.5. The van der Waals surface area contributed by atoms with Gasteiger partial charge in [-0.2, -0.15) is 0 Å². The van der Waals surface area contributed by atoms with Gasteiger partial charge in [0.1, 0.15) is 0 Å². The highest BCUT2D eigenvalue weighted by atomic mass is 15.0. The lowest BCUT2D eigenvalue weighted by atomic mass is 9.81. The molecule has 2 nitrogen and oxygen atoms in total. The minimum absolute atomic E-state index is 0.742. The van der Waals surface area contributed by atoms with Gasteiger partial charge in [-0.15, -0.1) is 0 Å².